The molecular formula is C57H36BF3N4. The Labute approximate surface area is 374 Å². The van der Waals surface area contributed by atoms with E-state index in [0.717, 1.165) is 73.1 Å². The highest BCUT2D eigenvalue weighted by atomic mass is 19.4. The lowest BCUT2D eigenvalue weighted by Gasteiger charge is -2.44. The second-order valence-electron chi connectivity index (χ2n) is 16.8. The molecule has 0 saturated heterocycles. The van der Waals surface area contributed by atoms with Crippen molar-refractivity contribution in [2.75, 3.05) is 9.80 Å². The third-order valence-electron chi connectivity index (χ3n) is 13.0. The molecule has 9 aromatic carbocycles. The minimum absolute atomic E-state index is 0.0101. The van der Waals surface area contributed by atoms with E-state index in [9.17, 15) is 18.4 Å². The summed E-state index contributed by atoms with van der Waals surface area (Å²) >= 11 is 0. The molecule has 0 spiro atoms. The second-order valence-corrected chi connectivity index (χ2v) is 16.8. The number of aromatic nitrogens is 1. The normalized spacial score (nSPS) is 12.8. The number of hydrogen-bond donors (Lipinski definition) is 0. The number of nitriles is 1. The predicted molar refractivity (Wildman–Crippen MR) is 260 cm³/mol. The van der Waals surface area contributed by atoms with Crippen molar-refractivity contribution < 1.29 is 13.2 Å². The van der Waals surface area contributed by atoms with E-state index in [0.29, 0.717) is 27.9 Å². The van der Waals surface area contributed by atoms with Crippen molar-refractivity contribution in [2.45, 2.75) is 13.1 Å². The topological polar surface area (TPSA) is 35.2 Å². The van der Waals surface area contributed by atoms with Gasteiger partial charge in [-0.05, 0) is 143 Å². The fourth-order valence-electron chi connectivity index (χ4n) is 10.3. The van der Waals surface area contributed by atoms with Gasteiger partial charge in [0.2, 0.25) is 0 Å². The molecule has 2 aliphatic heterocycles. The Hall–Kier alpha value is -8.28. The third kappa shape index (κ3) is 6.07. The average Bonchev–Trinajstić information content (AvgIpc) is 3.67. The predicted octanol–water partition coefficient (Wildman–Crippen LogP) is 13.4. The molecule has 65 heavy (non-hydrogen) atoms. The molecule has 0 bridgehead atoms. The summed E-state index contributed by atoms with van der Waals surface area (Å²) in [7, 11) is 0. The summed E-state index contributed by atoms with van der Waals surface area (Å²) in [6.45, 7) is 1.66. The van der Waals surface area contributed by atoms with Gasteiger partial charge >= 0.3 is 6.18 Å². The van der Waals surface area contributed by atoms with Crippen molar-refractivity contribution in [3.05, 3.63) is 217 Å². The first-order valence-electron chi connectivity index (χ1n) is 21.6. The van der Waals surface area contributed by atoms with Gasteiger partial charge in [0.1, 0.15) is 0 Å². The van der Waals surface area contributed by atoms with E-state index in [1.54, 1.807) is 25.1 Å². The van der Waals surface area contributed by atoms with Gasteiger partial charge in [0.05, 0.1) is 33.9 Å². The Bertz CT molecular complexity index is 3480. The van der Waals surface area contributed by atoms with E-state index >= 15 is 0 Å². The van der Waals surface area contributed by atoms with E-state index < -0.39 is 11.7 Å². The monoisotopic (exact) mass is 844 g/mol. The molecule has 3 heterocycles. The summed E-state index contributed by atoms with van der Waals surface area (Å²) in [6.07, 6.45) is -4.53. The molecule has 1 aromatic heterocycles. The van der Waals surface area contributed by atoms with E-state index in [2.05, 4.69) is 166 Å². The van der Waals surface area contributed by atoms with Crippen molar-refractivity contribution >= 4 is 79.0 Å². The van der Waals surface area contributed by atoms with E-state index in [1.807, 2.05) is 24.3 Å². The SMILES string of the molecule is Cc1cc(-c2cc(C#N)ccc2-n2c3ccccc3c3cc(-c4cc5c6c(c4)N(c4ccccc4)c4ccccc4B6c4ccccc4N5c4ccccc4)ccc32)cc(C(F)(F)F)c1. The highest BCUT2D eigenvalue weighted by Gasteiger charge is 2.43. The molecule has 0 radical (unpaired) electrons. The molecule has 4 nitrogen and oxygen atoms in total. The lowest BCUT2D eigenvalue weighted by Crippen LogP contribution is -2.61. The van der Waals surface area contributed by atoms with E-state index in [-0.39, 0.29) is 6.71 Å². The van der Waals surface area contributed by atoms with Crippen LogP contribution in [0.4, 0.5) is 47.3 Å². The summed E-state index contributed by atoms with van der Waals surface area (Å²) in [5.74, 6) is 0. The number of anilines is 6. The lowest BCUT2D eigenvalue weighted by atomic mass is 9.33. The van der Waals surface area contributed by atoms with Crippen molar-refractivity contribution in [2.24, 2.45) is 0 Å². The van der Waals surface area contributed by atoms with Gasteiger partial charge in [-0.15, -0.1) is 0 Å². The average molecular weight is 845 g/mol. The zero-order valence-electron chi connectivity index (χ0n) is 35.1. The zero-order chi connectivity index (χ0) is 44.0. The summed E-state index contributed by atoms with van der Waals surface area (Å²) < 4.78 is 44.8. The first-order valence-corrected chi connectivity index (χ1v) is 21.6. The van der Waals surface area contributed by atoms with Crippen LogP contribution in [0.5, 0.6) is 0 Å². The van der Waals surface area contributed by atoms with Crippen LogP contribution in [0.1, 0.15) is 16.7 Å². The maximum Gasteiger partial charge on any atom is 0.416 e. The molecule has 0 amide bonds. The first-order chi connectivity index (χ1) is 31.7. The Morgan fingerprint density at radius 2 is 1.06 bits per heavy atom. The zero-order valence-corrected chi connectivity index (χ0v) is 35.1. The second kappa shape index (κ2) is 14.7. The van der Waals surface area contributed by atoms with Gasteiger partial charge in [0.15, 0.2) is 0 Å². The van der Waals surface area contributed by atoms with Crippen LogP contribution in [0, 0.1) is 18.3 Å². The molecule has 0 aliphatic carbocycles. The maximum absolute atomic E-state index is 14.2. The van der Waals surface area contributed by atoms with Crippen molar-refractivity contribution in [3.8, 4) is 34.0 Å². The van der Waals surface area contributed by atoms with Crippen LogP contribution in [-0.4, -0.2) is 11.3 Å². The van der Waals surface area contributed by atoms with Crippen LogP contribution in [0.15, 0.2) is 200 Å². The highest BCUT2D eigenvalue weighted by Crippen LogP contribution is 2.47. The smallest absolute Gasteiger partial charge is 0.311 e. The minimum atomic E-state index is -4.53. The number of aryl methyl sites for hydroxylation is 1. The molecule has 308 valence electrons. The fourth-order valence-corrected chi connectivity index (χ4v) is 10.3. The number of halogens is 3. The Morgan fingerprint density at radius 3 is 1.69 bits per heavy atom. The molecule has 8 heteroatoms. The largest absolute Gasteiger partial charge is 0.416 e. The molecule has 0 fully saturated rings. The lowest BCUT2D eigenvalue weighted by molar-refractivity contribution is -0.137. The maximum atomic E-state index is 14.2. The van der Waals surface area contributed by atoms with E-state index in [1.165, 1.54) is 22.5 Å². The van der Waals surface area contributed by atoms with Gasteiger partial charge in [-0.25, -0.2) is 0 Å². The number of rotatable bonds is 5. The van der Waals surface area contributed by atoms with Crippen LogP contribution in [0.3, 0.4) is 0 Å². The summed E-state index contributed by atoms with van der Waals surface area (Å²) in [5.41, 5.74) is 15.9. The molecular weight excluding hydrogens is 808 g/mol. The number of hydrogen-bond acceptors (Lipinski definition) is 3. The summed E-state index contributed by atoms with van der Waals surface area (Å²) in [5, 5.41) is 12.0. The van der Waals surface area contributed by atoms with Crippen LogP contribution in [0.25, 0.3) is 49.7 Å². The molecule has 10 aromatic rings. The van der Waals surface area contributed by atoms with Gasteiger partial charge in [-0.3, -0.25) is 0 Å². The Morgan fingerprint density at radius 1 is 0.477 bits per heavy atom. The van der Waals surface area contributed by atoms with Crippen molar-refractivity contribution in [3.63, 3.8) is 0 Å². The van der Waals surface area contributed by atoms with Crippen LogP contribution >= 0.6 is 0 Å². The Kier molecular flexibility index (Phi) is 8.66. The fraction of sp³-hybridized carbons (Fsp3) is 0.0351. The number of para-hydroxylation sites is 5. The van der Waals surface area contributed by atoms with Gasteiger partial charge in [-0.2, -0.15) is 18.4 Å². The van der Waals surface area contributed by atoms with Crippen LogP contribution in [0.2, 0.25) is 0 Å². The number of fused-ring (bicyclic) bond motifs is 7. The minimum Gasteiger partial charge on any atom is -0.311 e. The summed E-state index contributed by atoms with van der Waals surface area (Å²) in [4.78, 5) is 4.80. The van der Waals surface area contributed by atoms with Crippen molar-refractivity contribution in [1.29, 1.82) is 5.26 Å². The number of alkyl halides is 3. The summed E-state index contributed by atoms with van der Waals surface area (Å²) in [6, 6.07) is 69.5. The molecule has 2 aliphatic rings. The molecule has 0 unspecified atom stereocenters. The Balaban J connectivity index is 1.12. The van der Waals surface area contributed by atoms with Crippen LogP contribution in [-0.2, 0) is 6.18 Å². The van der Waals surface area contributed by atoms with Crippen LogP contribution < -0.4 is 26.2 Å². The van der Waals surface area contributed by atoms with Gasteiger partial charge in [0.25, 0.3) is 6.71 Å². The van der Waals surface area contributed by atoms with Crippen molar-refractivity contribution in [1.82, 2.24) is 4.57 Å². The number of benzene rings is 9. The van der Waals surface area contributed by atoms with Gasteiger partial charge < -0.3 is 14.4 Å². The van der Waals surface area contributed by atoms with Gasteiger partial charge in [-0.1, -0.05) is 103 Å². The molecule has 0 saturated carbocycles. The van der Waals surface area contributed by atoms with Gasteiger partial charge in [0, 0.05) is 50.5 Å². The molecule has 0 N–H and O–H groups in total. The highest BCUT2D eigenvalue weighted by molar-refractivity contribution is 7.00. The first kappa shape index (κ1) is 38.4. The van der Waals surface area contributed by atoms with E-state index in [4.69, 9.17) is 0 Å². The molecule has 0 atom stereocenters. The molecule has 12 rings (SSSR count). The number of nitrogens with zero attached hydrogens (tertiary/aromatic N) is 4. The standard InChI is InChI=1S/C57H36BF3N4/c1-36-28-40(31-41(29-36)57(59,60)61)45-30-37(35-62)24-26-50(45)65-49-21-11-8-18-44(49)46-32-38(25-27-51(46)65)39-33-54-56-55(34-39)64(43-16-6-3-7-17-43)53-23-13-10-20-48(53)58(56)47-19-9-12-22-52(47)63(54)42-14-4-2-5-15-42/h2-34H,1H3. The third-order valence-corrected chi connectivity index (χ3v) is 13.0. The quantitative estimate of drug-likeness (QED) is 0.162.